The molecule has 2 aliphatic heterocycles. The van der Waals surface area contributed by atoms with Crippen molar-refractivity contribution >= 4 is 59.0 Å². The second-order valence-electron chi connectivity index (χ2n) is 9.74. The minimum absolute atomic E-state index is 0. The molecular weight excluding hydrogens is 653 g/mol. The van der Waals surface area contributed by atoms with Crippen LogP contribution in [0.3, 0.4) is 0 Å². The number of aromatic hydroxyl groups is 1. The van der Waals surface area contributed by atoms with Gasteiger partial charge in [0, 0.05) is 32.6 Å². The zero-order chi connectivity index (χ0) is 32.4. The molecular formula is C25H26N11NaO7S2. The van der Waals surface area contributed by atoms with Crippen molar-refractivity contribution < 1.29 is 58.9 Å². The first-order chi connectivity index (χ1) is 21.5. The summed E-state index contributed by atoms with van der Waals surface area (Å²) in [4.78, 5) is 69.6. The van der Waals surface area contributed by atoms with Gasteiger partial charge < -0.3 is 36.3 Å². The molecule has 1 fully saturated rings. The zero-order valence-electron chi connectivity index (χ0n) is 24.9. The van der Waals surface area contributed by atoms with Crippen LogP contribution in [0.4, 0.5) is 16.4 Å². The van der Waals surface area contributed by atoms with Gasteiger partial charge in [-0.15, -0.1) is 16.9 Å². The number of carboxylic acids is 1. The molecule has 0 saturated carbocycles. The number of aryl methyl sites for hydroxylation is 1. The number of thioether (sulfide) groups is 2. The maximum absolute atomic E-state index is 13.5. The molecule has 18 nitrogen and oxygen atoms in total. The molecule has 5 N–H and O–H groups in total. The summed E-state index contributed by atoms with van der Waals surface area (Å²) < 4.78 is 2.61. The number of nitrogens with one attached hydrogen (secondary N) is 4. The molecule has 3 aromatic rings. The molecule has 1 aromatic carbocycles. The summed E-state index contributed by atoms with van der Waals surface area (Å²) in [5, 5.41) is 42.9. The fraction of sp³-hybridized carbons (Fsp3) is 0.320. The number of amides is 4. The van der Waals surface area contributed by atoms with E-state index in [-0.39, 0.29) is 69.7 Å². The SMILES string of the molecule is CNc1ncc(NC(=O)NC(C(=O)NC2C(=O)N3C(C(=O)[O-])=C(CSc4nnnn4C)CS[C@@H]23)c2ccc(O)cc2)c(=O)n1C.[Na+]. The monoisotopic (exact) mass is 679 g/mol. The Kier molecular flexibility index (Phi) is 11.0. The second kappa shape index (κ2) is 14.5. The number of hydrogen-bond donors (Lipinski definition) is 5. The van der Waals surface area contributed by atoms with Crippen LogP contribution in [0.5, 0.6) is 5.75 Å². The molecule has 2 aliphatic rings. The number of phenolic OH excluding ortho intramolecular Hbond substituents is 1. The Morgan fingerprint density at radius 2 is 1.91 bits per heavy atom. The summed E-state index contributed by atoms with van der Waals surface area (Å²) >= 11 is 2.45. The van der Waals surface area contributed by atoms with Crippen LogP contribution >= 0.6 is 23.5 Å². The van der Waals surface area contributed by atoms with E-state index in [9.17, 15) is 34.2 Å². The Bertz CT molecular complexity index is 1770. The fourth-order valence-corrected chi connectivity index (χ4v) is 6.97. The third kappa shape index (κ3) is 6.99. The first kappa shape index (κ1) is 34.8. The van der Waals surface area contributed by atoms with Crippen molar-refractivity contribution in [3.05, 3.63) is 57.6 Å². The number of aliphatic carboxylic acids is 1. The number of carboxylic acid groups (broad SMARTS) is 1. The van der Waals surface area contributed by atoms with Gasteiger partial charge in [0.25, 0.3) is 11.5 Å². The van der Waals surface area contributed by atoms with Crippen LogP contribution in [0.2, 0.25) is 0 Å². The maximum atomic E-state index is 13.5. The smallest absolute Gasteiger partial charge is 0.543 e. The van der Waals surface area contributed by atoms with E-state index < -0.39 is 46.8 Å². The van der Waals surface area contributed by atoms with Crippen molar-refractivity contribution in [1.82, 2.24) is 45.3 Å². The molecule has 1 saturated heterocycles. The van der Waals surface area contributed by atoms with Gasteiger partial charge in [0.2, 0.25) is 17.0 Å². The third-order valence-electron chi connectivity index (χ3n) is 6.90. The van der Waals surface area contributed by atoms with E-state index in [2.05, 4.69) is 41.8 Å². The molecule has 4 amide bonds. The van der Waals surface area contributed by atoms with Crippen LogP contribution in [0.1, 0.15) is 11.6 Å². The number of phenols is 1. The van der Waals surface area contributed by atoms with E-state index in [4.69, 9.17) is 0 Å². The summed E-state index contributed by atoms with van der Waals surface area (Å²) in [5.74, 6) is -2.39. The Morgan fingerprint density at radius 1 is 1.20 bits per heavy atom. The summed E-state index contributed by atoms with van der Waals surface area (Å²) in [5.41, 5.74) is -0.305. The Morgan fingerprint density at radius 3 is 2.54 bits per heavy atom. The largest absolute Gasteiger partial charge is 1.00 e. The zero-order valence-corrected chi connectivity index (χ0v) is 28.5. The number of fused-ring (bicyclic) bond motifs is 1. The van der Waals surface area contributed by atoms with E-state index >= 15 is 0 Å². The average Bonchev–Trinajstić information content (AvgIpc) is 3.44. The molecule has 0 bridgehead atoms. The Labute approximate surface area is 291 Å². The standard InChI is InChI=1S/C25H27N11O7S2.Na/c1-26-23-27-8-14(19(39)34(23)2)28-24(43)30-15(11-4-6-13(37)7-5-11)18(38)29-16-20(40)36-17(22(41)42)12(9-44-21(16)36)10-45-25-31-32-33-35(25)3;/h4-8,15-16,21,37H,9-10H2,1-3H3,(H,26,27)(H,29,38)(H,41,42)(H2,28,30,43);/q;+1/p-1/t15?,16?,21-;/m0./s1. The van der Waals surface area contributed by atoms with Gasteiger partial charge >= 0.3 is 35.6 Å². The molecule has 21 heteroatoms. The van der Waals surface area contributed by atoms with Crippen LogP contribution in [0.15, 0.2) is 51.7 Å². The van der Waals surface area contributed by atoms with Crippen LogP contribution in [-0.2, 0) is 28.5 Å². The number of anilines is 2. The van der Waals surface area contributed by atoms with Crippen molar-refractivity contribution in [1.29, 1.82) is 0 Å². The molecule has 3 atom stereocenters. The quantitative estimate of drug-likeness (QED) is 0.0767. The topological polar surface area (TPSA) is 241 Å². The van der Waals surface area contributed by atoms with Crippen molar-refractivity contribution in [2.24, 2.45) is 14.1 Å². The van der Waals surface area contributed by atoms with Crippen molar-refractivity contribution in [3.8, 4) is 5.75 Å². The predicted molar refractivity (Wildman–Crippen MR) is 159 cm³/mol. The predicted octanol–water partition coefficient (Wildman–Crippen LogP) is -4.89. The summed E-state index contributed by atoms with van der Waals surface area (Å²) in [7, 11) is 4.67. The van der Waals surface area contributed by atoms with Gasteiger partial charge in [0.05, 0.1) is 17.9 Å². The molecule has 0 aliphatic carbocycles. The Balaban J connectivity index is 0.00000480. The number of nitrogens with zero attached hydrogens (tertiary/aromatic N) is 7. The number of rotatable bonds is 10. The van der Waals surface area contributed by atoms with E-state index in [1.807, 2.05) is 0 Å². The number of tetrazole rings is 1. The molecule has 0 radical (unpaired) electrons. The van der Waals surface area contributed by atoms with Crippen molar-refractivity contribution in [3.63, 3.8) is 0 Å². The minimum atomic E-state index is -1.53. The molecule has 5 rings (SSSR count). The molecule has 2 unspecified atom stereocenters. The summed E-state index contributed by atoms with van der Waals surface area (Å²) in [6.07, 6.45) is 1.16. The van der Waals surface area contributed by atoms with Gasteiger partial charge in [-0.1, -0.05) is 23.9 Å². The van der Waals surface area contributed by atoms with Gasteiger partial charge in [-0.2, -0.15) is 0 Å². The second-order valence-corrected chi connectivity index (χ2v) is 11.8. The third-order valence-corrected chi connectivity index (χ3v) is 9.34. The van der Waals surface area contributed by atoms with Crippen LogP contribution in [0.25, 0.3) is 0 Å². The molecule has 2 aromatic heterocycles. The maximum Gasteiger partial charge on any atom is 1.00 e. The summed E-state index contributed by atoms with van der Waals surface area (Å²) in [6, 6.07) is 2.02. The van der Waals surface area contributed by atoms with Gasteiger partial charge in [0.1, 0.15) is 28.9 Å². The number of benzene rings is 1. The number of aromatic nitrogens is 6. The number of carbonyl (C=O) groups is 4. The van der Waals surface area contributed by atoms with Gasteiger partial charge in [-0.25, -0.2) is 14.5 Å². The van der Waals surface area contributed by atoms with E-state index in [0.717, 1.165) is 11.1 Å². The fourth-order valence-electron chi connectivity index (χ4n) is 4.63. The molecule has 46 heavy (non-hydrogen) atoms. The number of hydrogen-bond acceptors (Lipinski definition) is 14. The van der Waals surface area contributed by atoms with E-state index in [1.54, 1.807) is 14.1 Å². The number of carbonyl (C=O) groups excluding carboxylic acids is 4. The normalized spacial score (nSPS) is 17.6. The number of urea groups is 1. The van der Waals surface area contributed by atoms with Crippen LogP contribution < -0.4 is 61.5 Å². The number of β-lactam (4-membered cyclic amide) rings is 1. The van der Waals surface area contributed by atoms with E-state index in [0.29, 0.717) is 10.7 Å². The molecule has 236 valence electrons. The van der Waals surface area contributed by atoms with E-state index in [1.165, 1.54) is 64.1 Å². The van der Waals surface area contributed by atoms with Gasteiger partial charge in [-0.05, 0) is 33.7 Å². The van der Waals surface area contributed by atoms with Crippen LogP contribution in [-0.4, -0.2) is 93.5 Å². The van der Waals surface area contributed by atoms with Crippen molar-refractivity contribution in [2.75, 3.05) is 29.2 Å². The first-order valence-electron chi connectivity index (χ1n) is 13.1. The minimum Gasteiger partial charge on any atom is -0.543 e. The van der Waals surface area contributed by atoms with Crippen LogP contribution in [0, 0.1) is 0 Å². The van der Waals surface area contributed by atoms with Gasteiger partial charge in [-0.3, -0.25) is 23.9 Å². The molecule has 4 heterocycles. The molecule has 0 spiro atoms. The summed E-state index contributed by atoms with van der Waals surface area (Å²) in [6.45, 7) is 0. The van der Waals surface area contributed by atoms with Gasteiger partial charge in [0.15, 0.2) is 0 Å². The first-order valence-corrected chi connectivity index (χ1v) is 15.2. The van der Waals surface area contributed by atoms with Crippen molar-refractivity contribution in [2.45, 2.75) is 22.6 Å². The average molecular weight is 680 g/mol. The Hall–Kier alpha value is -4.11.